The number of carbonyl (C=O) groups excluding carboxylic acids is 1. The Hall–Kier alpha value is -1.22. The second-order valence-electron chi connectivity index (χ2n) is 5.02. The lowest BCUT2D eigenvalue weighted by Gasteiger charge is -2.49. The fourth-order valence-electron chi connectivity index (χ4n) is 2.78. The van der Waals surface area contributed by atoms with Crippen LogP contribution in [0.5, 0.6) is 5.75 Å². The van der Waals surface area contributed by atoms with Crippen LogP contribution in [0, 0.1) is 0 Å². The van der Waals surface area contributed by atoms with Gasteiger partial charge < -0.3 is 9.64 Å². The van der Waals surface area contributed by atoms with E-state index in [9.17, 15) is 4.79 Å². The molecule has 2 heterocycles. The Bertz CT molecular complexity index is 502. The van der Waals surface area contributed by atoms with E-state index in [1.165, 1.54) is 0 Å². The first kappa shape index (κ1) is 10.9. The predicted molar refractivity (Wildman–Crippen MR) is 65.2 cm³/mol. The van der Waals surface area contributed by atoms with Crippen molar-refractivity contribution in [1.82, 2.24) is 4.90 Å². The van der Waals surface area contributed by atoms with Gasteiger partial charge in [-0.2, -0.15) is 0 Å². The third kappa shape index (κ3) is 1.53. The highest BCUT2D eigenvalue weighted by molar-refractivity contribution is 6.30. The van der Waals surface area contributed by atoms with Gasteiger partial charge in [-0.1, -0.05) is 11.6 Å². The number of fused-ring (bicyclic) bond motifs is 4. The summed E-state index contributed by atoms with van der Waals surface area (Å²) >= 11 is 6.00. The third-order valence-electron chi connectivity index (χ3n) is 3.87. The number of piperidine rings is 1. The van der Waals surface area contributed by atoms with E-state index in [0.29, 0.717) is 11.4 Å². The second kappa shape index (κ2) is 3.39. The van der Waals surface area contributed by atoms with E-state index >= 15 is 0 Å². The van der Waals surface area contributed by atoms with Gasteiger partial charge in [0, 0.05) is 30.8 Å². The monoisotopic (exact) mass is 251 g/mol. The minimum absolute atomic E-state index is 0.134. The van der Waals surface area contributed by atoms with Gasteiger partial charge in [-0.25, -0.2) is 0 Å². The number of rotatable bonds is 0. The van der Waals surface area contributed by atoms with Crippen LogP contribution in [-0.4, -0.2) is 23.6 Å². The van der Waals surface area contributed by atoms with E-state index in [0.717, 1.165) is 17.7 Å². The van der Waals surface area contributed by atoms with Crippen LogP contribution in [0.1, 0.15) is 31.2 Å². The van der Waals surface area contributed by atoms with Crippen LogP contribution in [0.3, 0.4) is 0 Å². The van der Waals surface area contributed by atoms with E-state index in [1.54, 1.807) is 11.9 Å². The van der Waals surface area contributed by atoms with Crippen molar-refractivity contribution in [2.75, 3.05) is 7.05 Å². The summed E-state index contributed by atoms with van der Waals surface area (Å²) in [7, 11) is 1.81. The zero-order chi connectivity index (χ0) is 12.2. The number of hydrogen-bond acceptors (Lipinski definition) is 2. The number of carbonyl (C=O) groups is 1. The molecule has 0 aromatic heterocycles. The average molecular weight is 252 g/mol. The van der Waals surface area contributed by atoms with E-state index in [4.69, 9.17) is 16.3 Å². The average Bonchev–Trinajstić information content (AvgIpc) is 2.27. The number of benzene rings is 1. The quantitative estimate of drug-likeness (QED) is 0.710. The summed E-state index contributed by atoms with van der Waals surface area (Å²) in [4.78, 5) is 13.6. The third-order valence-corrected chi connectivity index (χ3v) is 4.11. The molecule has 0 N–H and O–H groups in total. The minimum Gasteiger partial charge on any atom is -0.468 e. The zero-order valence-corrected chi connectivity index (χ0v) is 10.6. The maximum Gasteiger partial charge on any atom is 0.225 e. The number of ether oxygens (including phenoxy) is 1. The van der Waals surface area contributed by atoms with Crippen LogP contribution in [0.15, 0.2) is 18.2 Å². The zero-order valence-electron chi connectivity index (χ0n) is 9.87. The molecule has 0 spiro atoms. The molecular formula is C13H14ClNO2. The van der Waals surface area contributed by atoms with Crippen molar-refractivity contribution in [3.8, 4) is 5.75 Å². The molecule has 2 bridgehead atoms. The lowest BCUT2D eigenvalue weighted by molar-refractivity contribution is -0.160. The molecule has 2 unspecified atom stereocenters. The Morgan fingerprint density at radius 2 is 2.29 bits per heavy atom. The van der Waals surface area contributed by atoms with Crippen molar-refractivity contribution in [2.24, 2.45) is 0 Å². The fourth-order valence-corrected chi connectivity index (χ4v) is 2.96. The van der Waals surface area contributed by atoms with Gasteiger partial charge in [0.1, 0.15) is 5.75 Å². The standard InChI is InChI=1S/C13H14ClNO2/c1-13-7-8(5-12(16)15(13)2)10-6-9(14)3-4-11(10)17-13/h3-4,6,8H,5,7H2,1-2H3. The molecule has 17 heavy (non-hydrogen) atoms. The molecule has 2 aliphatic heterocycles. The van der Waals surface area contributed by atoms with Gasteiger partial charge in [0.2, 0.25) is 5.91 Å². The first-order valence-electron chi connectivity index (χ1n) is 5.75. The van der Waals surface area contributed by atoms with Crippen LogP contribution in [0.2, 0.25) is 5.02 Å². The highest BCUT2D eigenvalue weighted by atomic mass is 35.5. The minimum atomic E-state index is -0.513. The Morgan fingerprint density at radius 3 is 3.06 bits per heavy atom. The second-order valence-corrected chi connectivity index (χ2v) is 5.45. The van der Waals surface area contributed by atoms with Crippen molar-refractivity contribution in [1.29, 1.82) is 0 Å². The van der Waals surface area contributed by atoms with Crippen molar-refractivity contribution < 1.29 is 9.53 Å². The van der Waals surface area contributed by atoms with E-state index < -0.39 is 5.72 Å². The summed E-state index contributed by atoms with van der Waals surface area (Å²) in [6, 6.07) is 5.64. The van der Waals surface area contributed by atoms with Crippen LogP contribution in [-0.2, 0) is 4.79 Å². The summed E-state index contributed by atoms with van der Waals surface area (Å²) in [5.41, 5.74) is 0.553. The molecule has 3 rings (SSSR count). The van der Waals surface area contributed by atoms with Gasteiger partial charge in [0.15, 0.2) is 5.72 Å². The molecule has 4 heteroatoms. The summed E-state index contributed by atoms with van der Waals surface area (Å²) in [6.07, 6.45) is 1.38. The van der Waals surface area contributed by atoms with Crippen LogP contribution >= 0.6 is 11.6 Å². The highest BCUT2D eigenvalue weighted by Crippen LogP contribution is 2.47. The Kier molecular flexibility index (Phi) is 2.17. The molecule has 0 aliphatic carbocycles. The van der Waals surface area contributed by atoms with Crippen LogP contribution < -0.4 is 4.74 Å². The molecule has 2 atom stereocenters. The molecule has 90 valence electrons. The summed E-state index contributed by atoms with van der Waals surface area (Å²) in [5.74, 6) is 1.22. The number of hydrogen-bond donors (Lipinski definition) is 0. The number of halogens is 1. The maximum atomic E-state index is 11.9. The molecule has 3 nitrogen and oxygen atoms in total. The van der Waals surface area contributed by atoms with E-state index in [1.807, 2.05) is 25.1 Å². The number of amides is 1. The van der Waals surface area contributed by atoms with Gasteiger partial charge in [0.05, 0.1) is 0 Å². The Balaban J connectivity index is 2.11. The molecule has 2 aliphatic rings. The van der Waals surface area contributed by atoms with Crippen LogP contribution in [0.25, 0.3) is 0 Å². The lowest BCUT2D eigenvalue weighted by Crippen LogP contribution is -2.57. The molecule has 1 aromatic rings. The van der Waals surface area contributed by atoms with Gasteiger partial charge in [-0.3, -0.25) is 4.79 Å². The van der Waals surface area contributed by atoms with Crippen molar-refractivity contribution in [2.45, 2.75) is 31.4 Å². The Morgan fingerprint density at radius 1 is 1.53 bits per heavy atom. The van der Waals surface area contributed by atoms with Crippen molar-refractivity contribution >= 4 is 17.5 Å². The number of likely N-dealkylation sites (tertiary alicyclic amines) is 1. The fraction of sp³-hybridized carbons (Fsp3) is 0.462. The Labute approximate surface area is 105 Å². The van der Waals surface area contributed by atoms with Gasteiger partial charge in [-0.15, -0.1) is 0 Å². The van der Waals surface area contributed by atoms with Crippen LogP contribution in [0.4, 0.5) is 0 Å². The predicted octanol–water partition coefficient (Wildman–Crippen LogP) is 2.78. The van der Waals surface area contributed by atoms with Crippen molar-refractivity contribution in [3.63, 3.8) is 0 Å². The van der Waals surface area contributed by atoms with Gasteiger partial charge in [0.25, 0.3) is 0 Å². The molecule has 1 saturated heterocycles. The summed E-state index contributed by atoms with van der Waals surface area (Å²) in [5, 5.41) is 0.697. The topological polar surface area (TPSA) is 29.5 Å². The highest BCUT2D eigenvalue weighted by Gasteiger charge is 2.47. The van der Waals surface area contributed by atoms with Gasteiger partial charge >= 0.3 is 0 Å². The molecule has 0 radical (unpaired) electrons. The summed E-state index contributed by atoms with van der Waals surface area (Å²) in [6.45, 7) is 1.97. The molecule has 1 aromatic carbocycles. The smallest absolute Gasteiger partial charge is 0.225 e. The normalized spacial score (nSPS) is 30.9. The van der Waals surface area contributed by atoms with E-state index in [2.05, 4.69) is 0 Å². The molecule has 1 fully saturated rings. The van der Waals surface area contributed by atoms with Gasteiger partial charge in [-0.05, 0) is 30.7 Å². The molecular weight excluding hydrogens is 238 g/mol. The maximum absolute atomic E-state index is 11.9. The first-order valence-corrected chi connectivity index (χ1v) is 6.12. The van der Waals surface area contributed by atoms with E-state index in [-0.39, 0.29) is 11.8 Å². The molecule has 0 saturated carbocycles. The first-order chi connectivity index (χ1) is 7.99. The summed E-state index contributed by atoms with van der Waals surface area (Å²) < 4.78 is 5.97. The van der Waals surface area contributed by atoms with Crippen molar-refractivity contribution in [3.05, 3.63) is 28.8 Å². The number of nitrogens with zero attached hydrogens (tertiary/aromatic N) is 1. The lowest BCUT2D eigenvalue weighted by atomic mass is 9.81. The molecule has 1 amide bonds. The SMILES string of the molecule is CN1C(=O)CC2CC1(C)Oc1ccc(Cl)cc12. The largest absolute Gasteiger partial charge is 0.468 e.